The molecule has 0 bridgehead atoms. The number of rotatable bonds is 3. The Hall–Kier alpha value is -2.08. The summed E-state index contributed by atoms with van der Waals surface area (Å²) in [6.07, 6.45) is 15.9. The molecule has 0 atom stereocenters. The number of hydrogen-bond acceptors (Lipinski definition) is 1. The third-order valence-electron chi connectivity index (χ3n) is 4.48. The van der Waals surface area contributed by atoms with E-state index in [1.165, 1.54) is 18.2 Å². The number of allylic oxidation sites excluding steroid dienone is 4. The molecule has 0 unspecified atom stereocenters. The Morgan fingerprint density at radius 1 is 1.04 bits per heavy atom. The number of halogens is 2. The molecule has 0 aromatic heterocycles. The van der Waals surface area contributed by atoms with Gasteiger partial charge >= 0.3 is 0 Å². The van der Waals surface area contributed by atoms with Crippen LogP contribution in [0.5, 0.6) is 0 Å². The fourth-order valence-corrected chi connectivity index (χ4v) is 3.36. The van der Waals surface area contributed by atoms with Crippen molar-refractivity contribution < 1.29 is 13.9 Å². The first-order valence-corrected chi connectivity index (χ1v) is 7.80. The second-order valence-electron chi connectivity index (χ2n) is 5.90. The second kappa shape index (κ2) is 8.53. The molecular weight excluding hydrogens is 294 g/mol. The minimum absolute atomic E-state index is 0.183. The molecule has 1 aliphatic carbocycles. The minimum Gasteiger partial charge on any atom is -0.513 e. The first-order chi connectivity index (χ1) is 11.0. The zero-order valence-electron chi connectivity index (χ0n) is 13.8. The van der Waals surface area contributed by atoms with Crippen molar-refractivity contribution in [2.75, 3.05) is 0 Å². The Bertz CT molecular complexity index is 581. The van der Waals surface area contributed by atoms with E-state index in [9.17, 15) is 13.9 Å². The molecule has 3 heteroatoms. The summed E-state index contributed by atoms with van der Waals surface area (Å²) in [6, 6.07) is 4.06. The number of aliphatic hydroxyl groups excluding tert-OH is 1. The zero-order valence-corrected chi connectivity index (χ0v) is 13.8. The van der Waals surface area contributed by atoms with E-state index in [4.69, 9.17) is 0 Å². The van der Waals surface area contributed by atoms with E-state index in [0.29, 0.717) is 0 Å². The topological polar surface area (TPSA) is 20.2 Å². The van der Waals surface area contributed by atoms with Gasteiger partial charge in [-0.25, -0.2) is 8.78 Å². The van der Waals surface area contributed by atoms with E-state index in [1.807, 2.05) is 6.92 Å². The van der Waals surface area contributed by atoms with Crippen molar-refractivity contribution >= 4 is 0 Å². The molecule has 1 aromatic rings. The smallest absolute Gasteiger partial charge is 0.130 e. The highest BCUT2D eigenvalue weighted by Gasteiger charge is 2.39. The van der Waals surface area contributed by atoms with Crippen molar-refractivity contribution in [1.29, 1.82) is 0 Å². The van der Waals surface area contributed by atoms with Crippen LogP contribution in [0.25, 0.3) is 0 Å². The molecule has 1 aromatic carbocycles. The Kier molecular flexibility index (Phi) is 7.03. The third-order valence-corrected chi connectivity index (χ3v) is 4.48. The van der Waals surface area contributed by atoms with Gasteiger partial charge < -0.3 is 5.11 Å². The lowest BCUT2D eigenvalue weighted by atomic mass is 9.65. The standard InChI is InChI=1S/C18H22F2O.C2H2/c1-13(9-10-14(2)21)18(11-4-3-5-12-18)17-15(19)7-6-8-16(17)20;1-2/h6-10,21H,3-5,11-12H2,1-2H3;1-2H/b13-9+,14-10+;. The molecule has 1 saturated carbocycles. The predicted octanol–water partition coefficient (Wildman–Crippen LogP) is 5.82. The van der Waals surface area contributed by atoms with E-state index in [1.54, 1.807) is 19.1 Å². The average molecular weight is 318 g/mol. The predicted molar refractivity (Wildman–Crippen MR) is 91.2 cm³/mol. The molecule has 0 spiro atoms. The molecule has 23 heavy (non-hydrogen) atoms. The highest BCUT2D eigenvalue weighted by molar-refractivity contribution is 5.39. The van der Waals surface area contributed by atoms with Gasteiger partial charge in [0.15, 0.2) is 0 Å². The van der Waals surface area contributed by atoms with Crippen LogP contribution in [-0.4, -0.2) is 5.11 Å². The fraction of sp³-hybridized carbons (Fsp3) is 0.400. The molecule has 1 fully saturated rings. The van der Waals surface area contributed by atoms with Crippen molar-refractivity contribution in [3.05, 3.63) is 58.9 Å². The van der Waals surface area contributed by atoms with Crippen molar-refractivity contribution in [3.63, 3.8) is 0 Å². The molecule has 0 saturated heterocycles. The van der Waals surface area contributed by atoms with Gasteiger partial charge in [-0.05, 0) is 44.9 Å². The molecule has 2 rings (SSSR count). The maximum absolute atomic E-state index is 14.3. The summed E-state index contributed by atoms with van der Waals surface area (Å²) in [5, 5.41) is 9.33. The van der Waals surface area contributed by atoms with Gasteiger partial charge in [-0.1, -0.05) is 37.0 Å². The van der Waals surface area contributed by atoms with Gasteiger partial charge in [0.2, 0.25) is 0 Å². The van der Waals surface area contributed by atoms with Crippen LogP contribution in [0.15, 0.2) is 41.7 Å². The van der Waals surface area contributed by atoms with Crippen LogP contribution in [0.3, 0.4) is 0 Å². The van der Waals surface area contributed by atoms with Crippen LogP contribution in [0.1, 0.15) is 51.5 Å². The largest absolute Gasteiger partial charge is 0.513 e. The number of benzene rings is 1. The van der Waals surface area contributed by atoms with Gasteiger partial charge in [-0.15, -0.1) is 12.8 Å². The van der Waals surface area contributed by atoms with Gasteiger partial charge in [-0.3, -0.25) is 0 Å². The van der Waals surface area contributed by atoms with Crippen molar-refractivity contribution in [2.24, 2.45) is 0 Å². The molecule has 0 heterocycles. The molecule has 1 aliphatic rings. The quantitative estimate of drug-likeness (QED) is 0.423. The van der Waals surface area contributed by atoms with E-state index in [-0.39, 0.29) is 11.3 Å². The summed E-state index contributed by atoms with van der Waals surface area (Å²) < 4.78 is 28.6. The summed E-state index contributed by atoms with van der Waals surface area (Å²) in [6.45, 7) is 3.48. The van der Waals surface area contributed by atoms with Crippen molar-refractivity contribution in [1.82, 2.24) is 0 Å². The number of aliphatic hydroxyl groups is 1. The van der Waals surface area contributed by atoms with Crippen molar-refractivity contribution in [3.8, 4) is 12.8 Å². The van der Waals surface area contributed by atoms with Gasteiger partial charge in [0.25, 0.3) is 0 Å². The van der Waals surface area contributed by atoms with Crippen LogP contribution in [0, 0.1) is 24.5 Å². The maximum atomic E-state index is 14.3. The molecule has 0 radical (unpaired) electrons. The van der Waals surface area contributed by atoms with Crippen LogP contribution in [-0.2, 0) is 5.41 Å². The van der Waals surface area contributed by atoms with Crippen LogP contribution >= 0.6 is 0 Å². The Labute approximate surface area is 137 Å². The lowest BCUT2D eigenvalue weighted by molar-refractivity contribution is 0.317. The van der Waals surface area contributed by atoms with E-state index >= 15 is 0 Å². The maximum Gasteiger partial charge on any atom is 0.130 e. The van der Waals surface area contributed by atoms with Gasteiger partial charge in [0, 0.05) is 11.0 Å². The average Bonchev–Trinajstić information content (AvgIpc) is 2.55. The molecule has 0 amide bonds. The highest BCUT2D eigenvalue weighted by atomic mass is 19.1. The monoisotopic (exact) mass is 318 g/mol. The molecule has 1 N–H and O–H groups in total. The summed E-state index contributed by atoms with van der Waals surface area (Å²) >= 11 is 0. The van der Waals surface area contributed by atoms with Crippen LogP contribution in [0.4, 0.5) is 8.78 Å². The first-order valence-electron chi connectivity index (χ1n) is 7.80. The van der Waals surface area contributed by atoms with Gasteiger partial charge in [0.1, 0.15) is 11.6 Å². The Morgan fingerprint density at radius 2 is 1.57 bits per heavy atom. The molecular formula is C20H24F2O. The second-order valence-corrected chi connectivity index (χ2v) is 5.90. The zero-order chi connectivity index (χ0) is 17.5. The van der Waals surface area contributed by atoms with Crippen LogP contribution < -0.4 is 0 Å². The third kappa shape index (κ3) is 4.22. The number of terminal acetylenes is 1. The fourth-order valence-electron chi connectivity index (χ4n) is 3.36. The number of hydrogen-bond donors (Lipinski definition) is 1. The summed E-state index contributed by atoms with van der Waals surface area (Å²) in [5.41, 5.74) is 0.488. The Morgan fingerprint density at radius 3 is 2.04 bits per heavy atom. The highest BCUT2D eigenvalue weighted by Crippen LogP contribution is 2.46. The van der Waals surface area contributed by atoms with E-state index in [2.05, 4.69) is 12.8 Å². The summed E-state index contributed by atoms with van der Waals surface area (Å²) in [7, 11) is 0. The lowest BCUT2D eigenvalue weighted by Gasteiger charge is -2.39. The summed E-state index contributed by atoms with van der Waals surface area (Å²) in [5.74, 6) is -0.766. The van der Waals surface area contributed by atoms with E-state index < -0.39 is 17.0 Å². The lowest BCUT2D eigenvalue weighted by Crippen LogP contribution is -2.32. The van der Waals surface area contributed by atoms with Crippen molar-refractivity contribution in [2.45, 2.75) is 51.4 Å². The van der Waals surface area contributed by atoms with Gasteiger partial charge in [0.05, 0.1) is 5.76 Å². The SMILES string of the molecule is C#C.C/C(O)=C\C=C(/C)C1(c2c(F)cccc2F)CCCCC1. The van der Waals surface area contributed by atoms with Gasteiger partial charge in [-0.2, -0.15) is 0 Å². The van der Waals surface area contributed by atoms with E-state index in [0.717, 1.165) is 37.7 Å². The summed E-state index contributed by atoms with van der Waals surface area (Å²) in [4.78, 5) is 0. The molecule has 124 valence electrons. The first kappa shape index (κ1) is 19.0. The Balaban J connectivity index is 0.00000127. The van der Waals surface area contributed by atoms with Crippen LogP contribution in [0.2, 0.25) is 0 Å². The normalized spacial score (nSPS) is 18.0. The molecule has 1 nitrogen and oxygen atoms in total. The molecule has 0 aliphatic heterocycles. The minimum atomic E-state index is -0.598.